The van der Waals surface area contributed by atoms with Gasteiger partial charge in [-0.3, -0.25) is 4.79 Å². The van der Waals surface area contributed by atoms with Crippen LogP contribution in [0.3, 0.4) is 0 Å². The van der Waals surface area contributed by atoms with Gasteiger partial charge in [0.2, 0.25) is 5.91 Å². The number of halogens is 4. The van der Waals surface area contributed by atoms with Gasteiger partial charge >= 0.3 is 6.18 Å². The minimum Gasteiger partial charge on any atom is -0.325 e. The van der Waals surface area contributed by atoms with Crippen molar-refractivity contribution in [1.29, 1.82) is 0 Å². The number of carbonyl (C=O) groups is 1. The molecule has 7 heteroatoms. The summed E-state index contributed by atoms with van der Waals surface area (Å²) in [5.41, 5.74) is -0.261. The second kappa shape index (κ2) is 7.07. The molecule has 0 aliphatic heterocycles. The van der Waals surface area contributed by atoms with E-state index < -0.39 is 11.7 Å². The van der Waals surface area contributed by atoms with Crippen molar-refractivity contribution in [3.63, 3.8) is 0 Å². The Morgan fingerprint density at radius 2 is 1.82 bits per heavy atom. The zero-order valence-corrected chi connectivity index (χ0v) is 12.7. The summed E-state index contributed by atoms with van der Waals surface area (Å²) in [7, 11) is 0. The molecule has 0 aromatic heterocycles. The van der Waals surface area contributed by atoms with Gasteiger partial charge in [0.05, 0.1) is 16.3 Å². The minimum absolute atomic E-state index is 0.00776. The van der Waals surface area contributed by atoms with E-state index in [-0.39, 0.29) is 16.7 Å². The van der Waals surface area contributed by atoms with E-state index in [1.807, 2.05) is 6.07 Å². The fourth-order valence-corrected chi connectivity index (χ4v) is 2.64. The number of hydrogen-bond acceptors (Lipinski definition) is 2. The molecule has 0 bridgehead atoms. The molecular formula is C15H11ClF3NOS. The van der Waals surface area contributed by atoms with Crippen molar-refractivity contribution in [2.24, 2.45) is 0 Å². The zero-order chi connectivity index (χ0) is 16.2. The minimum atomic E-state index is -4.51. The average Bonchev–Trinajstić information content (AvgIpc) is 2.46. The van der Waals surface area contributed by atoms with Crippen LogP contribution >= 0.6 is 23.4 Å². The Kier molecular flexibility index (Phi) is 5.37. The molecule has 0 unspecified atom stereocenters. The van der Waals surface area contributed by atoms with E-state index in [1.165, 1.54) is 12.1 Å². The molecule has 2 nitrogen and oxygen atoms in total. The van der Waals surface area contributed by atoms with E-state index in [1.54, 1.807) is 24.3 Å². The molecule has 0 heterocycles. The van der Waals surface area contributed by atoms with Gasteiger partial charge in [-0.2, -0.15) is 13.2 Å². The fourth-order valence-electron chi connectivity index (χ4n) is 1.68. The molecule has 0 atom stereocenters. The van der Waals surface area contributed by atoms with Crippen LogP contribution in [-0.2, 0) is 11.0 Å². The molecule has 0 aliphatic carbocycles. The standard InChI is InChI=1S/C15H11ClF3NOS/c16-13-7-6-11(8-12(13)15(17,18)19)22-9-14(21)20-10-4-2-1-3-5-10/h1-8H,9H2,(H,20,21). The van der Waals surface area contributed by atoms with Crippen molar-refractivity contribution in [2.45, 2.75) is 11.1 Å². The van der Waals surface area contributed by atoms with Crippen LogP contribution in [0.15, 0.2) is 53.4 Å². The lowest BCUT2D eigenvalue weighted by Gasteiger charge is -2.10. The summed E-state index contributed by atoms with van der Waals surface area (Å²) >= 11 is 6.56. The lowest BCUT2D eigenvalue weighted by molar-refractivity contribution is -0.137. The van der Waals surface area contributed by atoms with Crippen molar-refractivity contribution < 1.29 is 18.0 Å². The second-order valence-electron chi connectivity index (χ2n) is 4.34. The van der Waals surface area contributed by atoms with Gasteiger partial charge in [0.1, 0.15) is 0 Å². The van der Waals surface area contributed by atoms with E-state index in [9.17, 15) is 18.0 Å². The van der Waals surface area contributed by atoms with E-state index in [0.717, 1.165) is 17.8 Å². The van der Waals surface area contributed by atoms with Crippen LogP contribution < -0.4 is 5.32 Å². The number of alkyl halides is 3. The summed E-state index contributed by atoms with van der Waals surface area (Å²) in [5, 5.41) is 2.30. The summed E-state index contributed by atoms with van der Waals surface area (Å²) in [4.78, 5) is 12.1. The largest absolute Gasteiger partial charge is 0.417 e. The summed E-state index contributed by atoms with van der Waals surface area (Å²) < 4.78 is 38.2. The van der Waals surface area contributed by atoms with Gasteiger partial charge in [-0.15, -0.1) is 11.8 Å². The molecule has 1 amide bonds. The second-order valence-corrected chi connectivity index (χ2v) is 5.80. The van der Waals surface area contributed by atoms with Crippen LogP contribution in [-0.4, -0.2) is 11.7 Å². The Labute approximate surface area is 134 Å². The van der Waals surface area contributed by atoms with E-state index in [4.69, 9.17) is 11.6 Å². The van der Waals surface area contributed by atoms with Crippen LogP contribution in [0.25, 0.3) is 0 Å². The van der Waals surface area contributed by atoms with Crippen molar-refractivity contribution in [3.05, 3.63) is 59.1 Å². The summed E-state index contributed by atoms with van der Waals surface area (Å²) in [6, 6.07) is 12.4. The van der Waals surface area contributed by atoms with E-state index in [0.29, 0.717) is 10.6 Å². The first-order valence-corrected chi connectivity index (χ1v) is 7.57. The SMILES string of the molecule is O=C(CSc1ccc(Cl)c(C(F)(F)F)c1)Nc1ccccc1. The maximum atomic E-state index is 12.7. The number of rotatable bonds is 4. The molecule has 22 heavy (non-hydrogen) atoms. The first-order chi connectivity index (χ1) is 10.4. The molecule has 0 saturated carbocycles. The molecule has 116 valence electrons. The molecule has 1 N–H and O–H groups in total. The first kappa shape index (κ1) is 16.7. The quantitative estimate of drug-likeness (QED) is 0.782. The number of hydrogen-bond donors (Lipinski definition) is 1. The Balaban J connectivity index is 1.98. The summed E-state index contributed by atoms with van der Waals surface area (Å²) in [6.07, 6.45) is -4.51. The zero-order valence-electron chi connectivity index (χ0n) is 11.2. The van der Waals surface area contributed by atoms with Gasteiger partial charge in [0.25, 0.3) is 0 Å². The van der Waals surface area contributed by atoms with Gasteiger partial charge in [-0.25, -0.2) is 0 Å². The molecule has 0 saturated heterocycles. The highest BCUT2D eigenvalue weighted by Gasteiger charge is 2.33. The lowest BCUT2D eigenvalue weighted by atomic mass is 10.2. The predicted molar refractivity (Wildman–Crippen MR) is 82.2 cm³/mol. The van der Waals surface area contributed by atoms with Crippen LogP contribution in [0.5, 0.6) is 0 Å². The molecular weight excluding hydrogens is 335 g/mol. The first-order valence-electron chi connectivity index (χ1n) is 6.21. The number of amides is 1. The summed E-state index contributed by atoms with van der Waals surface area (Å²) in [6.45, 7) is 0. The van der Waals surface area contributed by atoms with Gasteiger partial charge in [-0.05, 0) is 30.3 Å². The Morgan fingerprint density at radius 1 is 1.14 bits per heavy atom. The van der Waals surface area contributed by atoms with E-state index >= 15 is 0 Å². The van der Waals surface area contributed by atoms with Crippen LogP contribution in [0.1, 0.15) is 5.56 Å². The van der Waals surface area contributed by atoms with Crippen molar-refractivity contribution >= 4 is 35.0 Å². The normalized spacial score (nSPS) is 11.3. The predicted octanol–water partition coefficient (Wildman–Crippen LogP) is 5.09. The highest BCUT2D eigenvalue weighted by molar-refractivity contribution is 8.00. The Hall–Kier alpha value is -1.66. The number of benzene rings is 2. The smallest absolute Gasteiger partial charge is 0.325 e. The summed E-state index contributed by atoms with van der Waals surface area (Å²) in [5.74, 6) is -0.284. The maximum Gasteiger partial charge on any atom is 0.417 e. The Bertz CT molecular complexity index is 662. The highest BCUT2D eigenvalue weighted by atomic mass is 35.5. The Morgan fingerprint density at radius 3 is 2.45 bits per heavy atom. The molecule has 0 fully saturated rings. The monoisotopic (exact) mass is 345 g/mol. The number of carbonyl (C=O) groups excluding carboxylic acids is 1. The third-order valence-electron chi connectivity index (χ3n) is 2.67. The highest BCUT2D eigenvalue weighted by Crippen LogP contribution is 2.36. The van der Waals surface area contributed by atoms with Gasteiger partial charge in [0.15, 0.2) is 0 Å². The van der Waals surface area contributed by atoms with Crippen molar-refractivity contribution in [1.82, 2.24) is 0 Å². The topological polar surface area (TPSA) is 29.1 Å². The fraction of sp³-hybridized carbons (Fsp3) is 0.133. The average molecular weight is 346 g/mol. The number of nitrogens with one attached hydrogen (secondary N) is 1. The number of thioether (sulfide) groups is 1. The molecule has 0 radical (unpaired) electrons. The van der Waals surface area contributed by atoms with Crippen LogP contribution in [0, 0.1) is 0 Å². The van der Waals surface area contributed by atoms with Crippen LogP contribution in [0.2, 0.25) is 5.02 Å². The molecule has 0 spiro atoms. The molecule has 2 rings (SSSR count). The number of para-hydroxylation sites is 1. The lowest BCUT2D eigenvalue weighted by Crippen LogP contribution is -2.14. The van der Waals surface area contributed by atoms with Gasteiger partial charge < -0.3 is 5.32 Å². The molecule has 2 aromatic carbocycles. The third-order valence-corrected chi connectivity index (χ3v) is 3.99. The van der Waals surface area contributed by atoms with Crippen molar-refractivity contribution in [3.8, 4) is 0 Å². The number of anilines is 1. The van der Waals surface area contributed by atoms with Gasteiger partial charge in [0, 0.05) is 10.6 Å². The van der Waals surface area contributed by atoms with Crippen molar-refractivity contribution in [2.75, 3.05) is 11.1 Å². The third kappa shape index (κ3) is 4.68. The van der Waals surface area contributed by atoms with Gasteiger partial charge in [-0.1, -0.05) is 29.8 Å². The maximum absolute atomic E-state index is 12.7. The molecule has 2 aromatic rings. The van der Waals surface area contributed by atoms with Crippen LogP contribution in [0.4, 0.5) is 18.9 Å². The van der Waals surface area contributed by atoms with E-state index in [2.05, 4.69) is 5.32 Å². The molecule has 0 aliphatic rings.